The number of hydrogen-bond acceptors (Lipinski definition) is 4. The van der Waals surface area contributed by atoms with Crippen LogP contribution in [0.2, 0.25) is 0 Å². The molecule has 1 rings (SSSR count). The number of likely N-dealkylation sites (N-methyl/N-ethyl adjacent to an activating group) is 1. The highest BCUT2D eigenvalue weighted by Crippen LogP contribution is 2.02. The number of nitrogens with one attached hydrogen (secondary N) is 1. The lowest BCUT2D eigenvalue weighted by molar-refractivity contribution is 0.108. The van der Waals surface area contributed by atoms with Gasteiger partial charge in [0.1, 0.15) is 0 Å². The average Bonchev–Trinajstić information content (AvgIpc) is 2.37. The van der Waals surface area contributed by atoms with E-state index in [1.54, 1.807) is 6.20 Å². The normalized spacial score (nSPS) is 13.2. The first kappa shape index (κ1) is 15.1. The lowest BCUT2D eigenvalue weighted by Crippen LogP contribution is -2.40. The molecule has 0 aromatic carbocycles. The Kier molecular flexibility index (Phi) is 6.86. The second-order valence-electron chi connectivity index (χ2n) is 4.87. The molecule has 1 atom stereocenters. The number of nitrogens with zero attached hydrogens (tertiary/aromatic N) is 2. The standard InChI is InChI=1S/C14H25N3O/c1-4-17(10-13-7-5-6-8-15-13)11-14(18)9-16-12(2)3/h5-8,12,14,16,18H,4,9-11H2,1-3H3. The molecule has 0 aliphatic carbocycles. The molecule has 2 N–H and O–H groups in total. The third-order valence-corrected chi connectivity index (χ3v) is 2.79. The van der Waals surface area contributed by atoms with Crippen molar-refractivity contribution in [2.75, 3.05) is 19.6 Å². The van der Waals surface area contributed by atoms with E-state index in [-0.39, 0.29) is 6.10 Å². The zero-order valence-electron chi connectivity index (χ0n) is 11.6. The molecule has 0 fully saturated rings. The minimum absolute atomic E-state index is 0.337. The maximum atomic E-state index is 9.95. The van der Waals surface area contributed by atoms with E-state index in [0.717, 1.165) is 18.8 Å². The van der Waals surface area contributed by atoms with Gasteiger partial charge >= 0.3 is 0 Å². The van der Waals surface area contributed by atoms with Gasteiger partial charge in [-0.15, -0.1) is 0 Å². The van der Waals surface area contributed by atoms with Gasteiger partial charge in [-0.3, -0.25) is 9.88 Å². The van der Waals surface area contributed by atoms with Crippen molar-refractivity contribution in [3.8, 4) is 0 Å². The Morgan fingerprint density at radius 3 is 2.72 bits per heavy atom. The van der Waals surface area contributed by atoms with Crippen LogP contribution in [0, 0.1) is 0 Å². The first-order chi connectivity index (χ1) is 8.61. The van der Waals surface area contributed by atoms with Gasteiger partial charge in [-0.25, -0.2) is 0 Å². The van der Waals surface area contributed by atoms with E-state index in [2.05, 4.69) is 36.0 Å². The van der Waals surface area contributed by atoms with Crippen molar-refractivity contribution in [1.82, 2.24) is 15.2 Å². The Labute approximate surface area is 110 Å². The largest absolute Gasteiger partial charge is 0.390 e. The van der Waals surface area contributed by atoms with Gasteiger partial charge in [0.05, 0.1) is 11.8 Å². The Bertz CT molecular complexity index is 316. The predicted octanol–water partition coefficient (Wildman–Crippen LogP) is 1.26. The topological polar surface area (TPSA) is 48.4 Å². The van der Waals surface area contributed by atoms with E-state index in [1.165, 1.54) is 0 Å². The molecule has 0 aliphatic heterocycles. The summed E-state index contributed by atoms with van der Waals surface area (Å²) in [6, 6.07) is 6.33. The first-order valence-corrected chi connectivity index (χ1v) is 6.65. The number of rotatable bonds is 8. The van der Waals surface area contributed by atoms with Crippen LogP contribution in [-0.4, -0.2) is 46.8 Å². The minimum Gasteiger partial charge on any atom is -0.390 e. The minimum atomic E-state index is -0.337. The van der Waals surface area contributed by atoms with Gasteiger partial charge in [-0.2, -0.15) is 0 Å². The molecule has 1 aromatic heterocycles. The van der Waals surface area contributed by atoms with Gasteiger partial charge in [0, 0.05) is 31.9 Å². The summed E-state index contributed by atoms with van der Waals surface area (Å²) in [5.74, 6) is 0. The lowest BCUT2D eigenvalue weighted by Gasteiger charge is -2.24. The highest BCUT2D eigenvalue weighted by atomic mass is 16.3. The quantitative estimate of drug-likeness (QED) is 0.730. The Morgan fingerprint density at radius 2 is 2.17 bits per heavy atom. The average molecular weight is 251 g/mol. The monoisotopic (exact) mass is 251 g/mol. The molecule has 0 bridgehead atoms. The van der Waals surface area contributed by atoms with Crippen molar-refractivity contribution >= 4 is 0 Å². The van der Waals surface area contributed by atoms with E-state index < -0.39 is 0 Å². The lowest BCUT2D eigenvalue weighted by atomic mass is 10.2. The van der Waals surface area contributed by atoms with Crippen LogP contribution in [0.15, 0.2) is 24.4 Å². The zero-order valence-corrected chi connectivity index (χ0v) is 11.6. The molecular formula is C14H25N3O. The molecule has 1 aromatic rings. The van der Waals surface area contributed by atoms with Crippen molar-refractivity contribution in [3.63, 3.8) is 0 Å². The van der Waals surface area contributed by atoms with Gasteiger partial charge < -0.3 is 10.4 Å². The van der Waals surface area contributed by atoms with Crippen molar-refractivity contribution in [3.05, 3.63) is 30.1 Å². The summed E-state index contributed by atoms with van der Waals surface area (Å²) in [5, 5.41) is 13.2. The summed E-state index contributed by atoms with van der Waals surface area (Å²) < 4.78 is 0. The number of hydrogen-bond donors (Lipinski definition) is 2. The third kappa shape index (κ3) is 6.10. The second-order valence-corrected chi connectivity index (χ2v) is 4.87. The fourth-order valence-corrected chi connectivity index (χ4v) is 1.76. The highest BCUT2D eigenvalue weighted by molar-refractivity contribution is 5.03. The van der Waals surface area contributed by atoms with Crippen LogP contribution in [-0.2, 0) is 6.54 Å². The number of aliphatic hydroxyl groups is 1. The van der Waals surface area contributed by atoms with Crippen molar-refractivity contribution < 1.29 is 5.11 Å². The molecule has 1 unspecified atom stereocenters. The molecule has 0 saturated heterocycles. The van der Waals surface area contributed by atoms with Crippen molar-refractivity contribution in [1.29, 1.82) is 0 Å². The summed E-state index contributed by atoms with van der Waals surface area (Å²) >= 11 is 0. The summed E-state index contributed by atoms with van der Waals surface area (Å²) in [4.78, 5) is 6.51. The van der Waals surface area contributed by atoms with Crippen LogP contribution in [0.25, 0.3) is 0 Å². The Hall–Kier alpha value is -0.970. The van der Waals surface area contributed by atoms with Crippen LogP contribution in [0.5, 0.6) is 0 Å². The van der Waals surface area contributed by atoms with Crippen LogP contribution >= 0.6 is 0 Å². The van der Waals surface area contributed by atoms with Gasteiger partial charge in [0.15, 0.2) is 0 Å². The molecule has 4 heteroatoms. The summed E-state index contributed by atoms with van der Waals surface area (Å²) in [6.45, 7) is 9.27. The SMILES string of the molecule is CCN(Cc1ccccn1)CC(O)CNC(C)C. The first-order valence-electron chi connectivity index (χ1n) is 6.65. The Morgan fingerprint density at radius 1 is 1.39 bits per heavy atom. The molecule has 0 spiro atoms. The Balaban J connectivity index is 2.37. The van der Waals surface area contributed by atoms with Gasteiger partial charge in [-0.05, 0) is 18.7 Å². The third-order valence-electron chi connectivity index (χ3n) is 2.79. The number of pyridine rings is 1. The number of aliphatic hydroxyl groups excluding tert-OH is 1. The van der Waals surface area contributed by atoms with Crippen molar-refractivity contribution in [2.45, 2.75) is 39.5 Å². The van der Waals surface area contributed by atoms with Crippen molar-refractivity contribution in [2.24, 2.45) is 0 Å². The van der Waals surface area contributed by atoms with Crippen LogP contribution in [0.4, 0.5) is 0 Å². The van der Waals surface area contributed by atoms with Crippen LogP contribution in [0.3, 0.4) is 0 Å². The molecular weight excluding hydrogens is 226 g/mol. The smallest absolute Gasteiger partial charge is 0.0791 e. The zero-order chi connectivity index (χ0) is 13.4. The maximum absolute atomic E-state index is 9.95. The molecule has 102 valence electrons. The molecule has 4 nitrogen and oxygen atoms in total. The van der Waals surface area contributed by atoms with Gasteiger partial charge in [-0.1, -0.05) is 26.8 Å². The molecule has 0 saturated carbocycles. The number of aromatic nitrogens is 1. The van der Waals surface area contributed by atoms with E-state index in [4.69, 9.17) is 0 Å². The summed E-state index contributed by atoms with van der Waals surface area (Å²) in [7, 11) is 0. The molecule has 18 heavy (non-hydrogen) atoms. The fraction of sp³-hybridized carbons (Fsp3) is 0.643. The second kappa shape index (κ2) is 8.19. The van der Waals surface area contributed by atoms with E-state index in [1.807, 2.05) is 18.2 Å². The molecule has 0 amide bonds. The highest BCUT2D eigenvalue weighted by Gasteiger charge is 2.11. The predicted molar refractivity (Wildman–Crippen MR) is 74.3 cm³/mol. The fourth-order valence-electron chi connectivity index (χ4n) is 1.76. The van der Waals surface area contributed by atoms with Gasteiger partial charge in [0.2, 0.25) is 0 Å². The molecule has 0 radical (unpaired) electrons. The van der Waals surface area contributed by atoms with Gasteiger partial charge in [0.25, 0.3) is 0 Å². The van der Waals surface area contributed by atoms with E-state index in [9.17, 15) is 5.11 Å². The summed E-state index contributed by atoms with van der Waals surface area (Å²) in [6.07, 6.45) is 1.47. The van der Waals surface area contributed by atoms with Crippen LogP contribution in [0.1, 0.15) is 26.5 Å². The van der Waals surface area contributed by atoms with E-state index >= 15 is 0 Å². The molecule has 0 aliphatic rings. The summed E-state index contributed by atoms with van der Waals surface area (Å²) in [5.41, 5.74) is 1.04. The van der Waals surface area contributed by atoms with Crippen LogP contribution < -0.4 is 5.32 Å². The molecule has 1 heterocycles. The maximum Gasteiger partial charge on any atom is 0.0791 e. The van der Waals surface area contributed by atoms with E-state index in [0.29, 0.717) is 19.1 Å².